The van der Waals surface area contributed by atoms with Crippen molar-refractivity contribution in [1.82, 2.24) is 0 Å². The van der Waals surface area contributed by atoms with Gasteiger partial charge in [-0.3, -0.25) is 0 Å². The number of aryl methyl sites for hydroxylation is 2. The van der Waals surface area contributed by atoms with Gasteiger partial charge in [0.2, 0.25) is 0 Å². The smallest absolute Gasteiger partial charge is 0.0179 e. The lowest BCUT2D eigenvalue weighted by Gasteiger charge is -2.07. The molecule has 0 aromatic heterocycles. The maximum atomic E-state index is 3.97. The van der Waals surface area contributed by atoms with Crippen molar-refractivity contribution >= 4 is 5.57 Å². The minimum atomic E-state index is 1.08. The molecule has 0 fully saturated rings. The van der Waals surface area contributed by atoms with Gasteiger partial charge >= 0.3 is 0 Å². The van der Waals surface area contributed by atoms with Crippen LogP contribution in [0.1, 0.15) is 37.5 Å². The normalized spacial score (nSPS) is 11.2. The first kappa shape index (κ1) is 13.5. The molecule has 90 valence electrons. The van der Waals surface area contributed by atoms with Crippen LogP contribution >= 0.6 is 0 Å². The molecule has 0 bridgehead atoms. The highest BCUT2D eigenvalue weighted by molar-refractivity contribution is 5.77. The van der Waals surface area contributed by atoms with E-state index in [0.29, 0.717) is 0 Å². The third-order valence-electron chi connectivity index (χ3n) is 2.40. The van der Waals surface area contributed by atoms with E-state index in [2.05, 4.69) is 64.6 Å². The molecular formula is C17H22. The summed E-state index contributed by atoms with van der Waals surface area (Å²) in [4.78, 5) is 0. The summed E-state index contributed by atoms with van der Waals surface area (Å²) >= 11 is 0. The van der Waals surface area contributed by atoms with Gasteiger partial charge in [-0.1, -0.05) is 59.2 Å². The molecule has 0 amide bonds. The predicted octanol–water partition coefficient (Wildman–Crippen LogP) is 5.23. The summed E-state index contributed by atoms with van der Waals surface area (Å²) in [5.74, 6) is 0. The summed E-state index contributed by atoms with van der Waals surface area (Å²) in [6.45, 7) is 14.5. The van der Waals surface area contributed by atoms with Gasteiger partial charge in [-0.05, 0) is 45.8 Å². The quantitative estimate of drug-likeness (QED) is 0.619. The van der Waals surface area contributed by atoms with Crippen molar-refractivity contribution in [2.75, 3.05) is 0 Å². The van der Waals surface area contributed by atoms with E-state index in [0.717, 1.165) is 5.57 Å². The van der Waals surface area contributed by atoms with Crippen LogP contribution in [0.4, 0.5) is 0 Å². The molecule has 0 saturated carbocycles. The first-order valence-electron chi connectivity index (χ1n) is 5.99. The van der Waals surface area contributed by atoms with Crippen LogP contribution in [-0.2, 0) is 0 Å². The maximum Gasteiger partial charge on any atom is -0.0179 e. The molecule has 0 aliphatic rings. The van der Waals surface area contributed by atoms with Gasteiger partial charge in [0, 0.05) is 0 Å². The lowest BCUT2D eigenvalue weighted by Crippen LogP contribution is -1.87. The second-order valence-corrected chi connectivity index (χ2v) is 5.04. The Kier molecular flexibility index (Phi) is 4.51. The van der Waals surface area contributed by atoms with Gasteiger partial charge in [-0.25, -0.2) is 0 Å². The van der Waals surface area contributed by atoms with Gasteiger partial charge in [0.15, 0.2) is 0 Å². The van der Waals surface area contributed by atoms with Gasteiger partial charge in [-0.15, -0.1) is 0 Å². The standard InChI is InChI=1S/C17H22/c1-12(2)7-16(8-13(3)4)17-10-14(5)9-15(6)11-17/h7-11H,1H2,2-6H3/b16-7+. The maximum absolute atomic E-state index is 3.97. The monoisotopic (exact) mass is 226 g/mol. The van der Waals surface area contributed by atoms with E-state index in [1.807, 2.05) is 6.92 Å². The van der Waals surface area contributed by atoms with Crippen LogP contribution in [-0.4, -0.2) is 0 Å². The number of benzene rings is 1. The van der Waals surface area contributed by atoms with Crippen molar-refractivity contribution in [2.24, 2.45) is 0 Å². The number of rotatable bonds is 3. The molecule has 1 rings (SSSR count). The molecule has 0 N–H and O–H groups in total. The summed E-state index contributed by atoms with van der Waals surface area (Å²) < 4.78 is 0. The molecule has 0 atom stereocenters. The van der Waals surface area contributed by atoms with Gasteiger partial charge in [-0.2, -0.15) is 0 Å². The number of hydrogen-bond acceptors (Lipinski definition) is 0. The fourth-order valence-corrected chi connectivity index (χ4v) is 1.93. The molecule has 1 aromatic rings. The van der Waals surface area contributed by atoms with Crippen molar-refractivity contribution in [3.8, 4) is 0 Å². The predicted molar refractivity (Wildman–Crippen MR) is 78.1 cm³/mol. The second-order valence-electron chi connectivity index (χ2n) is 5.04. The van der Waals surface area contributed by atoms with Crippen LogP contribution < -0.4 is 0 Å². The van der Waals surface area contributed by atoms with Gasteiger partial charge in [0.05, 0.1) is 0 Å². The summed E-state index contributed by atoms with van der Waals surface area (Å²) in [5.41, 5.74) is 7.49. The Bertz CT molecular complexity index is 461. The van der Waals surface area contributed by atoms with Gasteiger partial charge in [0.25, 0.3) is 0 Å². The van der Waals surface area contributed by atoms with Crippen molar-refractivity contribution in [3.63, 3.8) is 0 Å². The Morgan fingerprint density at radius 1 is 0.941 bits per heavy atom. The fourth-order valence-electron chi connectivity index (χ4n) is 1.93. The van der Waals surface area contributed by atoms with E-state index in [-0.39, 0.29) is 0 Å². The molecule has 0 aliphatic carbocycles. The Morgan fingerprint density at radius 2 is 1.47 bits per heavy atom. The van der Waals surface area contributed by atoms with E-state index >= 15 is 0 Å². The summed E-state index contributed by atoms with van der Waals surface area (Å²) in [6, 6.07) is 6.65. The van der Waals surface area contributed by atoms with Crippen LogP contribution in [0.3, 0.4) is 0 Å². The molecular weight excluding hydrogens is 204 g/mol. The van der Waals surface area contributed by atoms with Crippen molar-refractivity contribution in [3.05, 3.63) is 64.8 Å². The number of allylic oxidation sites excluding steroid dienone is 5. The topological polar surface area (TPSA) is 0 Å². The van der Waals surface area contributed by atoms with Gasteiger partial charge in [0.1, 0.15) is 0 Å². The summed E-state index contributed by atoms with van der Waals surface area (Å²) in [5, 5.41) is 0. The highest BCUT2D eigenvalue weighted by atomic mass is 14.1. The van der Waals surface area contributed by atoms with Crippen LogP contribution in [0.25, 0.3) is 5.57 Å². The van der Waals surface area contributed by atoms with E-state index in [1.54, 1.807) is 0 Å². The average molecular weight is 226 g/mol. The second kappa shape index (κ2) is 5.67. The minimum absolute atomic E-state index is 1.08. The molecule has 17 heavy (non-hydrogen) atoms. The molecule has 0 saturated heterocycles. The first-order valence-corrected chi connectivity index (χ1v) is 5.99. The lowest BCUT2D eigenvalue weighted by atomic mass is 9.98. The molecule has 0 aliphatic heterocycles. The zero-order valence-corrected chi connectivity index (χ0v) is 11.6. The zero-order chi connectivity index (χ0) is 13.0. The fraction of sp³-hybridized carbons (Fsp3) is 0.294. The molecule has 0 spiro atoms. The van der Waals surface area contributed by atoms with E-state index in [4.69, 9.17) is 0 Å². The molecule has 0 unspecified atom stereocenters. The van der Waals surface area contributed by atoms with Gasteiger partial charge < -0.3 is 0 Å². The zero-order valence-electron chi connectivity index (χ0n) is 11.6. The average Bonchev–Trinajstić information content (AvgIpc) is 2.13. The molecule has 1 aromatic carbocycles. The van der Waals surface area contributed by atoms with E-state index in [1.165, 1.54) is 27.8 Å². The van der Waals surface area contributed by atoms with Crippen LogP contribution in [0.5, 0.6) is 0 Å². The molecule has 0 radical (unpaired) electrons. The van der Waals surface area contributed by atoms with Crippen LogP contribution in [0.2, 0.25) is 0 Å². The van der Waals surface area contributed by atoms with Crippen LogP contribution in [0.15, 0.2) is 48.1 Å². The SMILES string of the molecule is C=C(C)/C=C(\C=C(C)C)c1cc(C)cc(C)c1. The minimum Gasteiger partial charge on any atom is -0.0961 e. The lowest BCUT2D eigenvalue weighted by molar-refractivity contribution is 1.35. The van der Waals surface area contributed by atoms with E-state index < -0.39 is 0 Å². The van der Waals surface area contributed by atoms with Crippen LogP contribution in [0, 0.1) is 13.8 Å². The molecule has 0 heteroatoms. The molecule has 0 nitrogen and oxygen atoms in total. The highest BCUT2D eigenvalue weighted by Crippen LogP contribution is 2.22. The highest BCUT2D eigenvalue weighted by Gasteiger charge is 2.01. The van der Waals surface area contributed by atoms with Crippen molar-refractivity contribution < 1.29 is 0 Å². The third-order valence-corrected chi connectivity index (χ3v) is 2.40. The first-order chi connectivity index (χ1) is 7.88. The summed E-state index contributed by atoms with van der Waals surface area (Å²) in [7, 11) is 0. The summed E-state index contributed by atoms with van der Waals surface area (Å²) in [6.07, 6.45) is 4.35. The largest absolute Gasteiger partial charge is 0.0961 e. The number of hydrogen-bond donors (Lipinski definition) is 0. The van der Waals surface area contributed by atoms with E-state index in [9.17, 15) is 0 Å². The Balaban J connectivity index is 3.32. The third kappa shape index (κ3) is 4.44. The molecule has 0 heterocycles. The van der Waals surface area contributed by atoms with Crippen molar-refractivity contribution in [2.45, 2.75) is 34.6 Å². The Morgan fingerprint density at radius 3 is 1.88 bits per heavy atom. The Labute approximate surface area is 105 Å². The van der Waals surface area contributed by atoms with Crippen molar-refractivity contribution in [1.29, 1.82) is 0 Å². The Hall–Kier alpha value is -1.56.